The van der Waals surface area contributed by atoms with Crippen molar-refractivity contribution in [2.45, 2.75) is 109 Å². The molecule has 138 valence electrons. The second kappa shape index (κ2) is 16.3. The van der Waals surface area contributed by atoms with Crippen LogP contribution in [0.1, 0.15) is 96.8 Å². The summed E-state index contributed by atoms with van der Waals surface area (Å²) >= 11 is 0. The van der Waals surface area contributed by atoms with E-state index in [0.717, 1.165) is 44.9 Å². The molecule has 0 radical (unpaired) electrons. The first-order valence-electron chi connectivity index (χ1n) is 9.53. The lowest BCUT2D eigenvalue weighted by Gasteiger charge is -2.14. The summed E-state index contributed by atoms with van der Waals surface area (Å²) in [6.45, 7) is 2.20. The Labute approximate surface area is 142 Å². The van der Waals surface area contributed by atoms with Crippen LogP contribution in [0.25, 0.3) is 0 Å². The van der Waals surface area contributed by atoms with Gasteiger partial charge in [0, 0.05) is 6.42 Å². The third-order valence-corrected chi connectivity index (χ3v) is 4.37. The van der Waals surface area contributed by atoms with E-state index in [9.17, 15) is 15.0 Å². The zero-order chi connectivity index (χ0) is 17.3. The lowest BCUT2D eigenvalue weighted by molar-refractivity contribution is -0.140. The highest BCUT2D eigenvalue weighted by Gasteiger charge is 2.09. The highest BCUT2D eigenvalue weighted by Crippen LogP contribution is 2.15. The summed E-state index contributed by atoms with van der Waals surface area (Å²) in [5.41, 5.74) is 0. The van der Waals surface area contributed by atoms with Crippen molar-refractivity contribution in [2.75, 3.05) is 7.11 Å². The molecular weight excluding hydrogens is 292 g/mol. The Balaban J connectivity index is 3.38. The van der Waals surface area contributed by atoms with Crippen LogP contribution in [0.2, 0.25) is 0 Å². The van der Waals surface area contributed by atoms with E-state index < -0.39 is 0 Å². The fourth-order valence-electron chi connectivity index (χ4n) is 2.76. The number of hydrogen-bond acceptors (Lipinski definition) is 4. The molecule has 0 rings (SSSR count). The van der Waals surface area contributed by atoms with Crippen LogP contribution < -0.4 is 0 Å². The van der Waals surface area contributed by atoms with Gasteiger partial charge in [0.2, 0.25) is 0 Å². The van der Waals surface area contributed by atoms with Crippen LogP contribution in [0.5, 0.6) is 0 Å². The number of unbranched alkanes of at least 4 members (excludes halogenated alkanes) is 7. The van der Waals surface area contributed by atoms with E-state index in [1.165, 1.54) is 32.8 Å². The summed E-state index contributed by atoms with van der Waals surface area (Å²) in [6.07, 6.45) is 13.0. The van der Waals surface area contributed by atoms with Gasteiger partial charge in [-0.25, -0.2) is 0 Å². The fourth-order valence-corrected chi connectivity index (χ4v) is 2.76. The van der Waals surface area contributed by atoms with Gasteiger partial charge in [-0.2, -0.15) is 0 Å². The Bertz CT molecular complexity index is 268. The summed E-state index contributed by atoms with van der Waals surface area (Å²) < 4.78 is 4.59. The van der Waals surface area contributed by atoms with E-state index in [4.69, 9.17) is 0 Å². The molecule has 2 N–H and O–H groups in total. The van der Waals surface area contributed by atoms with E-state index in [1.54, 1.807) is 0 Å². The molecule has 0 amide bonds. The number of carbonyl (C=O) groups excluding carboxylic acids is 1. The van der Waals surface area contributed by atoms with Crippen molar-refractivity contribution >= 4 is 5.97 Å². The largest absolute Gasteiger partial charge is 0.469 e. The number of ether oxygens (including phenoxy) is 1. The maximum absolute atomic E-state index is 10.9. The van der Waals surface area contributed by atoms with Crippen molar-refractivity contribution in [2.24, 2.45) is 0 Å². The van der Waals surface area contributed by atoms with Gasteiger partial charge < -0.3 is 14.9 Å². The Hall–Kier alpha value is -0.610. The number of aliphatic hydroxyl groups is 2. The van der Waals surface area contributed by atoms with Gasteiger partial charge in [0.25, 0.3) is 0 Å². The van der Waals surface area contributed by atoms with E-state index in [2.05, 4.69) is 11.7 Å². The number of aliphatic hydroxyl groups excluding tert-OH is 2. The maximum Gasteiger partial charge on any atom is 0.305 e. The molecule has 0 aromatic carbocycles. The van der Waals surface area contributed by atoms with Gasteiger partial charge in [0.15, 0.2) is 0 Å². The van der Waals surface area contributed by atoms with Gasteiger partial charge in [-0.1, -0.05) is 58.3 Å². The minimum Gasteiger partial charge on any atom is -0.469 e. The van der Waals surface area contributed by atoms with Gasteiger partial charge in [0.05, 0.1) is 19.3 Å². The quantitative estimate of drug-likeness (QED) is 0.326. The predicted molar refractivity (Wildman–Crippen MR) is 94.3 cm³/mol. The lowest BCUT2D eigenvalue weighted by Crippen LogP contribution is -2.13. The summed E-state index contributed by atoms with van der Waals surface area (Å²) in [7, 11) is 1.41. The Morgan fingerprint density at radius 2 is 1.26 bits per heavy atom. The summed E-state index contributed by atoms with van der Waals surface area (Å²) in [6, 6.07) is 0. The monoisotopic (exact) mass is 330 g/mol. The summed E-state index contributed by atoms with van der Waals surface area (Å²) in [5.74, 6) is -0.145. The van der Waals surface area contributed by atoms with Crippen molar-refractivity contribution in [3.8, 4) is 0 Å². The molecule has 23 heavy (non-hydrogen) atoms. The Morgan fingerprint density at radius 3 is 1.74 bits per heavy atom. The first kappa shape index (κ1) is 22.4. The smallest absolute Gasteiger partial charge is 0.305 e. The SMILES string of the molecule is CCCCCCC[C@H](O)CC[C@@H](O)CCCCCCC(=O)OC. The van der Waals surface area contributed by atoms with Gasteiger partial charge in [-0.3, -0.25) is 4.79 Å². The molecule has 0 aliphatic heterocycles. The number of rotatable bonds is 16. The molecule has 0 aromatic rings. The molecule has 0 aromatic heterocycles. The van der Waals surface area contributed by atoms with Gasteiger partial charge in [-0.05, 0) is 32.1 Å². The highest BCUT2D eigenvalue weighted by atomic mass is 16.5. The third-order valence-electron chi connectivity index (χ3n) is 4.37. The molecule has 0 bridgehead atoms. The lowest BCUT2D eigenvalue weighted by atomic mass is 10.0. The number of methoxy groups -OCH3 is 1. The molecule has 4 nitrogen and oxygen atoms in total. The molecular formula is C19H38O4. The topological polar surface area (TPSA) is 66.8 Å². The van der Waals surface area contributed by atoms with Crippen LogP contribution in [0.15, 0.2) is 0 Å². The molecule has 0 unspecified atom stereocenters. The van der Waals surface area contributed by atoms with Gasteiger partial charge >= 0.3 is 5.97 Å². The standard InChI is InChI=1S/C19H38O4/c1-3-4-5-6-9-12-17(20)15-16-18(21)13-10-7-8-11-14-19(22)23-2/h17-18,20-21H,3-16H2,1-2H3/t17-,18-/m0/s1. The minimum absolute atomic E-state index is 0.145. The molecule has 0 saturated heterocycles. The Kier molecular flexibility index (Phi) is 15.8. The minimum atomic E-state index is -0.301. The zero-order valence-electron chi connectivity index (χ0n) is 15.3. The molecule has 0 heterocycles. The number of esters is 1. The molecule has 0 fully saturated rings. The number of carbonyl (C=O) groups is 1. The van der Waals surface area contributed by atoms with E-state index in [0.29, 0.717) is 19.3 Å². The first-order chi connectivity index (χ1) is 11.1. The van der Waals surface area contributed by atoms with Crippen LogP contribution in [-0.2, 0) is 9.53 Å². The van der Waals surface area contributed by atoms with Crippen LogP contribution in [0.3, 0.4) is 0 Å². The second-order valence-electron chi connectivity index (χ2n) is 6.62. The van der Waals surface area contributed by atoms with Gasteiger partial charge in [-0.15, -0.1) is 0 Å². The Morgan fingerprint density at radius 1 is 0.783 bits per heavy atom. The highest BCUT2D eigenvalue weighted by molar-refractivity contribution is 5.68. The van der Waals surface area contributed by atoms with Crippen molar-refractivity contribution < 1.29 is 19.7 Å². The van der Waals surface area contributed by atoms with Crippen molar-refractivity contribution in [3.63, 3.8) is 0 Å². The van der Waals surface area contributed by atoms with Crippen molar-refractivity contribution in [1.82, 2.24) is 0 Å². The predicted octanol–water partition coefficient (Wildman–Crippen LogP) is 4.36. The maximum atomic E-state index is 10.9. The third kappa shape index (κ3) is 16.0. The average Bonchev–Trinajstić information content (AvgIpc) is 2.55. The van der Waals surface area contributed by atoms with Gasteiger partial charge in [0.1, 0.15) is 0 Å². The van der Waals surface area contributed by atoms with Crippen LogP contribution >= 0.6 is 0 Å². The molecule has 0 aliphatic carbocycles. The zero-order valence-corrected chi connectivity index (χ0v) is 15.3. The first-order valence-corrected chi connectivity index (χ1v) is 9.53. The van der Waals surface area contributed by atoms with Crippen LogP contribution in [0, 0.1) is 0 Å². The number of hydrogen-bond donors (Lipinski definition) is 2. The van der Waals surface area contributed by atoms with Crippen LogP contribution in [0.4, 0.5) is 0 Å². The van der Waals surface area contributed by atoms with Crippen molar-refractivity contribution in [3.05, 3.63) is 0 Å². The molecule has 0 saturated carbocycles. The molecule has 0 aliphatic rings. The van der Waals surface area contributed by atoms with Crippen molar-refractivity contribution in [1.29, 1.82) is 0 Å². The van der Waals surface area contributed by atoms with E-state index in [1.807, 2.05) is 0 Å². The fraction of sp³-hybridized carbons (Fsp3) is 0.947. The average molecular weight is 331 g/mol. The normalized spacial score (nSPS) is 13.7. The van der Waals surface area contributed by atoms with Crippen LogP contribution in [-0.4, -0.2) is 35.5 Å². The molecule has 0 spiro atoms. The molecule has 2 atom stereocenters. The summed E-state index contributed by atoms with van der Waals surface area (Å²) in [4.78, 5) is 10.9. The summed E-state index contributed by atoms with van der Waals surface area (Å²) in [5, 5.41) is 19.9. The molecule has 4 heteroatoms. The van der Waals surface area contributed by atoms with E-state index in [-0.39, 0.29) is 18.2 Å². The van der Waals surface area contributed by atoms with E-state index >= 15 is 0 Å². The second-order valence-corrected chi connectivity index (χ2v) is 6.62.